The van der Waals surface area contributed by atoms with Gasteiger partial charge in [0.05, 0.1) is 5.60 Å². The summed E-state index contributed by atoms with van der Waals surface area (Å²) in [4.78, 5) is 14.0. The Morgan fingerprint density at radius 1 is 1.32 bits per heavy atom. The van der Waals surface area contributed by atoms with Crippen LogP contribution in [0.2, 0.25) is 0 Å². The van der Waals surface area contributed by atoms with Gasteiger partial charge in [-0.1, -0.05) is 0 Å². The molecule has 128 valence electrons. The molecule has 22 heavy (non-hydrogen) atoms. The highest BCUT2D eigenvalue weighted by Crippen LogP contribution is 2.34. The second-order valence-electron chi connectivity index (χ2n) is 7.77. The van der Waals surface area contributed by atoms with E-state index in [0.717, 1.165) is 45.4 Å². The number of piperidine rings is 2. The minimum atomic E-state index is -0.430. The van der Waals surface area contributed by atoms with Crippen LogP contribution in [0.1, 0.15) is 52.9 Å². The molecule has 0 aromatic heterocycles. The zero-order chi connectivity index (χ0) is 16.2. The van der Waals surface area contributed by atoms with Crippen LogP contribution in [-0.4, -0.2) is 55.5 Å². The van der Waals surface area contributed by atoms with Gasteiger partial charge in [0.2, 0.25) is 0 Å². The largest absolute Gasteiger partial charge is 0.444 e. The molecule has 2 aliphatic heterocycles. The van der Waals surface area contributed by atoms with Crippen LogP contribution in [0, 0.1) is 5.92 Å². The molecule has 1 atom stereocenters. The van der Waals surface area contributed by atoms with Gasteiger partial charge in [-0.3, -0.25) is 0 Å². The lowest BCUT2D eigenvalue weighted by molar-refractivity contribution is -0.0751. The molecule has 5 heteroatoms. The lowest BCUT2D eigenvalue weighted by atomic mass is 9.80. The Hall–Kier alpha value is -0.810. The predicted octanol–water partition coefficient (Wildman–Crippen LogP) is 2.79. The molecule has 0 aliphatic carbocycles. The summed E-state index contributed by atoms with van der Waals surface area (Å²) in [6, 6.07) is 0. The number of carbonyl (C=O) groups excluding carboxylic acids is 1. The number of hydrogen-bond acceptors (Lipinski definition) is 4. The van der Waals surface area contributed by atoms with Crippen molar-refractivity contribution in [3.63, 3.8) is 0 Å². The Labute approximate surface area is 134 Å². The van der Waals surface area contributed by atoms with Crippen molar-refractivity contribution in [3.8, 4) is 0 Å². The molecular weight excluding hydrogens is 280 g/mol. The Bertz CT molecular complexity index is 365. The number of likely N-dealkylation sites (tertiary alicyclic amines) is 1. The quantitative estimate of drug-likeness (QED) is 0.870. The van der Waals surface area contributed by atoms with Gasteiger partial charge in [-0.05, 0) is 71.9 Å². The predicted molar refractivity (Wildman–Crippen MR) is 87.0 cm³/mol. The fraction of sp³-hybridized carbons (Fsp3) is 0.941. The number of amides is 1. The molecule has 0 unspecified atom stereocenters. The Morgan fingerprint density at radius 2 is 2.00 bits per heavy atom. The van der Waals surface area contributed by atoms with Crippen LogP contribution in [0.25, 0.3) is 0 Å². The number of methoxy groups -OCH3 is 1. The van der Waals surface area contributed by atoms with E-state index in [2.05, 4.69) is 5.32 Å². The number of nitrogens with zero attached hydrogens (tertiary/aromatic N) is 1. The summed E-state index contributed by atoms with van der Waals surface area (Å²) in [5.74, 6) is 0.696. The van der Waals surface area contributed by atoms with E-state index in [0.29, 0.717) is 5.92 Å². The van der Waals surface area contributed by atoms with Crippen molar-refractivity contribution in [1.29, 1.82) is 0 Å². The molecule has 2 rings (SSSR count). The Balaban J connectivity index is 1.86. The monoisotopic (exact) mass is 312 g/mol. The highest BCUT2D eigenvalue weighted by molar-refractivity contribution is 5.68. The highest BCUT2D eigenvalue weighted by atomic mass is 16.6. The molecule has 2 aliphatic rings. The van der Waals surface area contributed by atoms with Gasteiger partial charge in [-0.25, -0.2) is 4.79 Å². The van der Waals surface area contributed by atoms with Gasteiger partial charge >= 0.3 is 6.09 Å². The number of carbonyl (C=O) groups is 1. The van der Waals surface area contributed by atoms with E-state index in [4.69, 9.17) is 9.47 Å². The average molecular weight is 312 g/mol. The van der Waals surface area contributed by atoms with E-state index >= 15 is 0 Å². The first-order valence-electron chi connectivity index (χ1n) is 8.57. The van der Waals surface area contributed by atoms with E-state index in [9.17, 15) is 4.79 Å². The molecule has 2 heterocycles. The first-order chi connectivity index (χ1) is 10.3. The van der Waals surface area contributed by atoms with Crippen LogP contribution in [0.15, 0.2) is 0 Å². The van der Waals surface area contributed by atoms with Crippen molar-refractivity contribution >= 4 is 6.09 Å². The van der Waals surface area contributed by atoms with E-state index < -0.39 is 5.60 Å². The third kappa shape index (κ3) is 4.85. The smallest absolute Gasteiger partial charge is 0.410 e. The van der Waals surface area contributed by atoms with Gasteiger partial charge in [0.25, 0.3) is 0 Å². The molecular formula is C17H32N2O3. The standard InChI is InChI=1S/C17H32N2O3/c1-16(2,3)22-15(20)19-10-7-17(21-4,8-11-19)12-14-6-5-9-18-13-14/h14,18H,5-13H2,1-4H3/t14-/m0/s1. The lowest BCUT2D eigenvalue weighted by Crippen LogP contribution is -2.50. The Kier molecular flexibility index (Phi) is 5.72. The second kappa shape index (κ2) is 7.18. The Morgan fingerprint density at radius 3 is 2.50 bits per heavy atom. The summed E-state index contributed by atoms with van der Waals surface area (Å²) in [6.07, 6.45) is 5.25. The van der Waals surface area contributed by atoms with E-state index in [-0.39, 0.29) is 11.7 Å². The normalized spacial score (nSPS) is 25.8. The molecule has 2 saturated heterocycles. The van der Waals surface area contributed by atoms with Gasteiger partial charge in [-0.2, -0.15) is 0 Å². The van der Waals surface area contributed by atoms with Crippen LogP contribution in [0.3, 0.4) is 0 Å². The van der Waals surface area contributed by atoms with Gasteiger partial charge in [0.15, 0.2) is 0 Å². The fourth-order valence-corrected chi connectivity index (χ4v) is 3.54. The average Bonchev–Trinajstić information content (AvgIpc) is 2.47. The SMILES string of the molecule is COC1(C[C@@H]2CCCNC2)CCN(C(=O)OC(C)(C)C)CC1. The molecule has 1 amide bonds. The molecule has 0 saturated carbocycles. The summed E-state index contributed by atoms with van der Waals surface area (Å²) >= 11 is 0. The summed E-state index contributed by atoms with van der Waals surface area (Å²) in [6.45, 7) is 9.41. The first kappa shape index (κ1) is 17.5. The van der Waals surface area contributed by atoms with Crippen LogP contribution in [0.4, 0.5) is 4.79 Å². The van der Waals surface area contributed by atoms with Crippen LogP contribution in [0.5, 0.6) is 0 Å². The molecule has 5 nitrogen and oxygen atoms in total. The minimum Gasteiger partial charge on any atom is -0.444 e. The van der Waals surface area contributed by atoms with Crippen molar-refractivity contribution in [1.82, 2.24) is 10.2 Å². The molecule has 0 aromatic carbocycles. The molecule has 0 aromatic rings. The molecule has 2 fully saturated rings. The summed E-state index contributed by atoms with van der Waals surface area (Å²) in [5, 5.41) is 3.48. The van der Waals surface area contributed by atoms with Crippen LogP contribution >= 0.6 is 0 Å². The number of hydrogen-bond donors (Lipinski definition) is 1. The van der Waals surface area contributed by atoms with E-state index in [1.807, 2.05) is 32.8 Å². The molecule has 1 N–H and O–H groups in total. The zero-order valence-corrected chi connectivity index (χ0v) is 14.6. The summed E-state index contributed by atoms with van der Waals surface area (Å²) in [7, 11) is 1.82. The van der Waals surface area contributed by atoms with E-state index in [1.165, 1.54) is 12.8 Å². The third-order valence-electron chi connectivity index (χ3n) is 4.82. The maximum Gasteiger partial charge on any atom is 0.410 e. The van der Waals surface area contributed by atoms with Crippen LogP contribution in [-0.2, 0) is 9.47 Å². The minimum absolute atomic E-state index is 0.0673. The maximum atomic E-state index is 12.2. The van der Waals surface area contributed by atoms with Crippen molar-refractivity contribution in [2.75, 3.05) is 33.3 Å². The molecule has 0 bridgehead atoms. The lowest BCUT2D eigenvalue weighted by Gasteiger charge is -2.43. The molecule has 0 spiro atoms. The summed E-state index contributed by atoms with van der Waals surface area (Å²) in [5.41, 5.74) is -0.497. The number of rotatable bonds is 3. The van der Waals surface area contributed by atoms with Crippen molar-refractivity contribution in [2.45, 2.75) is 64.1 Å². The van der Waals surface area contributed by atoms with Gasteiger partial charge < -0.3 is 19.7 Å². The third-order valence-corrected chi connectivity index (χ3v) is 4.82. The summed E-state index contributed by atoms with van der Waals surface area (Å²) < 4.78 is 11.4. The van der Waals surface area contributed by atoms with Crippen LogP contribution < -0.4 is 5.32 Å². The van der Waals surface area contributed by atoms with E-state index in [1.54, 1.807) is 0 Å². The number of nitrogens with one attached hydrogen (secondary N) is 1. The van der Waals surface area contributed by atoms with Gasteiger partial charge in [0.1, 0.15) is 5.60 Å². The topological polar surface area (TPSA) is 50.8 Å². The highest BCUT2D eigenvalue weighted by Gasteiger charge is 2.39. The van der Waals surface area contributed by atoms with Crippen molar-refractivity contribution < 1.29 is 14.3 Å². The fourth-order valence-electron chi connectivity index (χ4n) is 3.54. The van der Waals surface area contributed by atoms with Gasteiger partial charge in [-0.15, -0.1) is 0 Å². The second-order valence-corrected chi connectivity index (χ2v) is 7.77. The zero-order valence-electron chi connectivity index (χ0n) is 14.6. The molecule has 0 radical (unpaired) electrons. The first-order valence-corrected chi connectivity index (χ1v) is 8.57. The van der Waals surface area contributed by atoms with Crippen molar-refractivity contribution in [2.24, 2.45) is 5.92 Å². The van der Waals surface area contributed by atoms with Gasteiger partial charge in [0, 0.05) is 20.2 Å². The number of ether oxygens (including phenoxy) is 2. The van der Waals surface area contributed by atoms with Crippen molar-refractivity contribution in [3.05, 3.63) is 0 Å². The maximum absolute atomic E-state index is 12.2.